The quantitative estimate of drug-likeness (QED) is 0.469. The van der Waals surface area contributed by atoms with Gasteiger partial charge in [0.25, 0.3) is 0 Å². The van der Waals surface area contributed by atoms with Gasteiger partial charge in [-0.1, -0.05) is 48.5 Å². The number of hydrogen-bond donors (Lipinski definition) is 0. The van der Waals surface area contributed by atoms with Gasteiger partial charge in [0.1, 0.15) is 0 Å². The summed E-state index contributed by atoms with van der Waals surface area (Å²) in [6.07, 6.45) is 0.545. The van der Waals surface area contributed by atoms with Crippen molar-refractivity contribution in [1.82, 2.24) is 0 Å². The Kier molecular flexibility index (Phi) is 5.39. The second-order valence-electron chi connectivity index (χ2n) is 4.12. The number of carbonyl (C=O) groups is 4. The molecular formula is C16H12O5. The Morgan fingerprint density at radius 1 is 0.619 bits per heavy atom. The summed E-state index contributed by atoms with van der Waals surface area (Å²) in [5, 5.41) is 0. The summed E-state index contributed by atoms with van der Waals surface area (Å²) >= 11 is 0. The average molecular weight is 284 g/mol. The molecule has 0 atom stereocenters. The molecule has 0 heterocycles. The van der Waals surface area contributed by atoms with E-state index in [1.165, 1.54) is 0 Å². The Bertz CT molecular complexity index is 607. The summed E-state index contributed by atoms with van der Waals surface area (Å²) in [5.41, 5.74) is 2.35. The third-order valence-electron chi connectivity index (χ3n) is 2.89. The molecule has 5 heteroatoms. The summed E-state index contributed by atoms with van der Waals surface area (Å²) in [6, 6.07) is 13.1. The number of benzene rings is 2. The molecule has 0 spiro atoms. The van der Waals surface area contributed by atoms with Gasteiger partial charge in [-0.25, -0.2) is 0 Å². The van der Waals surface area contributed by atoms with Gasteiger partial charge >= 0.3 is 0 Å². The summed E-state index contributed by atoms with van der Waals surface area (Å²) in [6.45, 7) is 0. The van der Waals surface area contributed by atoms with Crippen molar-refractivity contribution in [3.8, 4) is 11.1 Å². The molecule has 5 nitrogen and oxygen atoms in total. The average Bonchev–Trinajstić information content (AvgIpc) is 2.53. The van der Waals surface area contributed by atoms with Crippen LogP contribution in [0.4, 0.5) is 0 Å². The minimum absolute atomic E-state index is 0. The van der Waals surface area contributed by atoms with E-state index in [4.69, 9.17) is 0 Å². The van der Waals surface area contributed by atoms with Gasteiger partial charge in [-0.05, 0) is 11.1 Å². The van der Waals surface area contributed by atoms with E-state index >= 15 is 0 Å². The van der Waals surface area contributed by atoms with Crippen molar-refractivity contribution in [2.24, 2.45) is 0 Å². The summed E-state index contributed by atoms with van der Waals surface area (Å²) < 4.78 is 0. The van der Waals surface area contributed by atoms with Crippen molar-refractivity contribution >= 4 is 24.1 Å². The molecule has 0 aliphatic carbocycles. The number of ketones is 2. The molecule has 0 aromatic heterocycles. The van der Waals surface area contributed by atoms with Crippen molar-refractivity contribution in [2.75, 3.05) is 0 Å². The lowest BCUT2D eigenvalue weighted by atomic mass is 10.0. The highest BCUT2D eigenvalue weighted by atomic mass is 16.2. The molecule has 2 N–H and O–H groups in total. The van der Waals surface area contributed by atoms with Crippen LogP contribution < -0.4 is 0 Å². The number of aldehydes is 2. The van der Waals surface area contributed by atoms with Crippen LogP contribution in [0, 0.1) is 0 Å². The predicted molar refractivity (Wildman–Crippen MR) is 76.3 cm³/mol. The third-order valence-corrected chi connectivity index (χ3v) is 2.89. The minimum atomic E-state index is -0.566. The second-order valence-corrected chi connectivity index (χ2v) is 4.12. The van der Waals surface area contributed by atoms with E-state index in [-0.39, 0.29) is 18.0 Å². The van der Waals surface area contributed by atoms with E-state index in [1.54, 1.807) is 48.5 Å². The standard InChI is InChI=1S/C16H10O4.H2O/c17-9-15(19)13-5-1-11(2-6-13)12-3-7-14(8-4-12)16(20)10-18;/h1-10H;1H2. The van der Waals surface area contributed by atoms with Crippen LogP contribution in [0.2, 0.25) is 0 Å². The zero-order valence-corrected chi connectivity index (χ0v) is 10.9. The van der Waals surface area contributed by atoms with Gasteiger partial charge in [-0.15, -0.1) is 0 Å². The van der Waals surface area contributed by atoms with E-state index in [1.807, 2.05) is 0 Å². The van der Waals surface area contributed by atoms with E-state index in [0.717, 1.165) is 11.1 Å². The molecule has 0 saturated carbocycles. The van der Waals surface area contributed by atoms with Gasteiger partial charge in [0, 0.05) is 11.1 Å². The maximum Gasteiger partial charge on any atom is 0.225 e. The van der Waals surface area contributed by atoms with Gasteiger partial charge in [0.15, 0.2) is 12.6 Å². The van der Waals surface area contributed by atoms with Crippen LogP contribution in [0.3, 0.4) is 0 Å². The Morgan fingerprint density at radius 2 is 0.905 bits per heavy atom. The predicted octanol–water partition coefficient (Wildman–Crippen LogP) is 1.29. The number of Topliss-reactive ketones (excluding diaryl/α,β-unsaturated/α-hetero) is 2. The summed E-state index contributed by atoms with van der Waals surface area (Å²) in [7, 11) is 0. The minimum Gasteiger partial charge on any atom is -0.412 e. The molecule has 0 unspecified atom stereocenters. The van der Waals surface area contributed by atoms with Crippen molar-refractivity contribution < 1.29 is 24.7 Å². The first-order valence-electron chi connectivity index (χ1n) is 5.85. The first-order chi connectivity index (χ1) is 9.65. The number of carbonyl (C=O) groups excluding carboxylic acids is 4. The summed E-state index contributed by atoms with van der Waals surface area (Å²) in [4.78, 5) is 43.1. The van der Waals surface area contributed by atoms with E-state index in [2.05, 4.69) is 0 Å². The van der Waals surface area contributed by atoms with Gasteiger partial charge in [0.05, 0.1) is 0 Å². The molecule has 0 aliphatic rings. The largest absolute Gasteiger partial charge is 0.412 e. The number of hydrogen-bond acceptors (Lipinski definition) is 4. The molecule has 2 aromatic carbocycles. The van der Waals surface area contributed by atoms with Crippen LogP contribution in [0.1, 0.15) is 20.7 Å². The van der Waals surface area contributed by atoms with Crippen LogP contribution >= 0.6 is 0 Å². The fourth-order valence-electron chi connectivity index (χ4n) is 1.79. The van der Waals surface area contributed by atoms with E-state index in [9.17, 15) is 19.2 Å². The van der Waals surface area contributed by atoms with Crippen LogP contribution in [0.5, 0.6) is 0 Å². The molecule has 0 radical (unpaired) electrons. The van der Waals surface area contributed by atoms with Gasteiger partial charge < -0.3 is 5.48 Å². The highest BCUT2D eigenvalue weighted by Crippen LogP contribution is 2.20. The topological polar surface area (TPSA) is 99.8 Å². The van der Waals surface area contributed by atoms with Gasteiger partial charge in [0.2, 0.25) is 11.6 Å². The molecule has 106 valence electrons. The molecule has 0 aliphatic heterocycles. The van der Waals surface area contributed by atoms with Crippen molar-refractivity contribution in [1.29, 1.82) is 0 Å². The Hall–Kier alpha value is -2.92. The zero-order chi connectivity index (χ0) is 14.5. The monoisotopic (exact) mass is 284 g/mol. The maximum absolute atomic E-state index is 11.2. The van der Waals surface area contributed by atoms with E-state index < -0.39 is 11.6 Å². The fourth-order valence-corrected chi connectivity index (χ4v) is 1.79. The molecule has 0 bridgehead atoms. The Morgan fingerprint density at radius 3 is 1.14 bits per heavy atom. The lowest BCUT2D eigenvalue weighted by molar-refractivity contribution is -0.105. The van der Waals surface area contributed by atoms with Gasteiger partial charge in [-0.2, -0.15) is 0 Å². The highest BCUT2D eigenvalue weighted by Gasteiger charge is 2.06. The first kappa shape index (κ1) is 16.1. The molecular weight excluding hydrogens is 272 g/mol. The Labute approximate surface area is 120 Å². The highest BCUT2D eigenvalue weighted by molar-refractivity contribution is 6.33. The van der Waals surface area contributed by atoms with Crippen LogP contribution in [0.25, 0.3) is 11.1 Å². The van der Waals surface area contributed by atoms with Crippen molar-refractivity contribution in [2.45, 2.75) is 0 Å². The molecule has 2 rings (SSSR count). The molecule has 21 heavy (non-hydrogen) atoms. The SMILES string of the molecule is O.O=CC(=O)c1ccc(-c2ccc(C(=O)C=O)cc2)cc1. The van der Waals surface area contributed by atoms with Crippen LogP contribution in [-0.2, 0) is 9.59 Å². The van der Waals surface area contributed by atoms with Crippen molar-refractivity contribution in [3.05, 3.63) is 59.7 Å². The van der Waals surface area contributed by atoms with E-state index in [0.29, 0.717) is 11.1 Å². The Balaban J connectivity index is 0.00000220. The molecule has 0 fully saturated rings. The smallest absolute Gasteiger partial charge is 0.225 e. The van der Waals surface area contributed by atoms with Gasteiger partial charge in [-0.3, -0.25) is 19.2 Å². The number of rotatable bonds is 5. The lowest BCUT2D eigenvalue weighted by Crippen LogP contribution is -1.99. The first-order valence-corrected chi connectivity index (χ1v) is 5.85. The van der Waals surface area contributed by atoms with Crippen LogP contribution in [-0.4, -0.2) is 29.6 Å². The normalized spacial score (nSPS) is 9.33. The zero-order valence-electron chi connectivity index (χ0n) is 10.9. The van der Waals surface area contributed by atoms with Crippen LogP contribution in [0.15, 0.2) is 48.5 Å². The fraction of sp³-hybridized carbons (Fsp3) is 0. The second kappa shape index (κ2) is 7.02. The molecule has 2 aromatic rings. The molecule has 0 saturated heterocycles. The molecule has 0 amide bonds. The third kappa shape index (κ3) is 3.55. The lowest BCUT2D eigenvalue weighted by Gasteiger charge is -2.03. The van der Waals surface area contributed by atoms with Crippen molar-refractivity contribution in [3.63, 3.8) is 0 Å². The maximum atomic E-state index is 11.2. The summed E-state index contributed by atoms with van der Waals surface area (Å²) in [5.74, 6) is -1.13.